The Bertz CT molecular complexity index is 519. The van der Waals surface area contributed by atoms with Gasteiger partial charge in [-0.25, -0.2) is 0 Å². The minimum atomic E-state index is -0.582. The monoisotopic (exact) mass is 325 g/mol. The molecule has 1 aromatic heterocycles. The van der Waals surface area contributed by atoms with Gasteiger partial charge in [0.15, 0.2) is 12.4 Å². The van der Waals surface area contributed by atoms with Gasteiger partial charge in [-0.1, -0.05) is 26.0 Å². The summed E-state index contributed by atoms with van der Waals surface area (Å²) in [5.41, 5.74) is 0.733. The molecule has 130 valence electrons. The molecule has 0 saturated carbocycles. The molecule has 7 nitrogen and oxygen atoms in total. The molecular formula is C16H27N3O4. The van der Waals surface area contributed by atoms with Crippen LogP contribution in [0, 0.1) is 11.8 Å². The molecule has 1 aliphatic rings. The average Bonchev–Trinajstić information content (AvgIpc) is 2.99. The number of carbonyl (C=O) groups is 1. The summed E-state index contributed by atoms with van der Waals surface area (Å²) >= 11 is 0. The van der Waals surface area contributed by atoms with E-state index in [0.29, 0.717) is 5.92 Å². The van der Waals surface area contributed by atoms with Crippen LogP contribution >= 0.6 is 0 Å². The van der Waals surface area contributed by atoms with E-state index >= 15 is 0 Å². The van der Waals surface area contributed by atoms with E-state index in [9.17, 15) is 4.79 Å². The van der Waals surface area contributed by atoms with Gasteiger partial charge in [-0.05, 0) is 19.3 Å². The average molecular weight is 325 g/mol. The molecule has 1 aliphatic heterocycles. The van der Waals surface area contributed by atoms with Gasteiger partial charge in [-0.15, -0.1) is 5.10 Å². The lowest BCUT2D eigenvalue weighted by molar-refractivity contribution is -0.279. The van der Waals surface area contributed by atoms with Crippen LogP contribution in [0.15, 0.2) is 6.20 Å². The first kappa shape index (κ1) is 17.9. The molecule has 0 spiro atoms. The first-order chi connectivity index (χ1) is 11.0. The molecule has 0 N–H and O–H groups in total. The molecular weight excluding hydrogens is 298 g/mol. The van der Waals surface area contributed by atoms with Gasteiger partial charge in [0.05, 0.1) is 18.9 Å². The van der Waals surface area contributed by atoms with Crippen LogP contribution in [0.2, 0.25) is 0 Å². The SMILES string of the molecule is CCC1OC(OCc2cn(CC)nn2)C(OC(C)=O)C(C)C1C. The van der Waals surface area contributed by atoms with Crippen LogP contribution in [0.5, 0.6) is 0 Å². The predicted molar refractivity (Wildman–Crippen MR) is 83.3 cm³/mol. The summed E-state index contributed by atoms with van der Waals surface area (Å²) in [4.78, 5) is 11.4. The number of esters is 1. The molecule has 1 aromatic rings. The summed E-state index contributed by atoms with van der Waals surface area (Å²) < 4.78 is 19.1. The Kier molecular flexibility index (Phi) is 6.12. The molecule has 1 fully saturated rings. The van der Waals surface area contributed by atoms with E-state index in [1.807, 2.05) is 13.1 Å². The van der Waals surface area contributed by atoms with Gasteiger partial charge in [-0.3, -0.25) is 9.48 Å². The van der Waals surface area contributed by atoms with Crippen LogP contribution in [0.3, 0.4) is 0 Å². The Labute approximate surface area is 137 Å². The quantitative estimate of drug-likeness (QED) is 0.746. The van der Waals surface area contributed by atoms with E-state index < -0.39 is 12.4 Å². The van der Waals surface area contributed by atoms with E-state index in [0.717, 1.165) is 18.7 Å². The number of rotatable bonds is 6. The van der Waals surface area contributed by atoms with Crippen molar-refractivity contribution in [1.29, 1.82) is 0 Å². The standard InChI is InChI=1S/C16H27N3O4/c1-6-14-10(3)11(4)15(22-12(5)20)16(23-14)21-9-13-8-19(7-2)18-17-13/h8,10-11,14-16H,6-7,9H2,1-5H3. The zero-order valence-corrected chi connectivity index (χ0v) is 14.6. The molecule has 1 saturated heterocycles. The van der Waals surface area contributed by atoms with Crippen LogP contribution in [-0.2, 0) is 32.2 Å². The van der Waals surface area contributed by atoms with Crippen LogP contribution in [0.25, 0.3) is 0 Å². The van der Waals surface area contributed by atoms with Crippen molar-refractivity contribution >= 4 is 5.97 Å². The van der Waals surface area contributed by atoms with Crippen molar-refractivity contribution in [2.75, 3.05) is 0 Å². The number of carbonyl (C=O) groups excluding carboxylic acids is 1. The Balaban J connectivity index is 2.05. The van der Waals surface area contributed by atoms with Crippen LogP contribution in [0.4, 0.5) is 0 Å². The van der Waals surface area contributed by atoms with E-state index in [1.54, 1.807) is 4.68 Å². The highest BCUT2D eigenvalue weighted by Gasteiger charge is 2.43. The highest BCUT2D eigenvalue weighted by Crippen LogP contribution is 2.34. The molecule has 5 unspecified atom stereocenters. The van der Waals surface area contributed by atoms with Gasteiger partial charge in [-0.2, -0.15) is 0 Å². The fourth-order valence-electron chi connectivity index (χ4n) is 2.94. The Morgan fingerprint density at radius 1 is 1.35 bits per heavy atom. The molecule has 7 heteroatoms. The van der Waals surface area contributed by atoms with Crippen molar-refractivity contribution in [3.63, 3.8) is 0 Å². The van der Waals surface area contributed by atoms with Crippen molar-refractivity contribution in [2.45, 2.75) is 72.7 Å². The number of hydrogen-bond donors (Lipinski definition) is 0. The van der Waals surface area contributed by atoms with Crippen molar-refractivity contribution in [3.8, 4) is 0 Å². The summed E-state index contributed by atoms with van der Waals surface area (Å²) in [5.74, 6) is 0.136. The number of hydrogen-bond acceptors (Lipinski definition) is 6. The van der Waals surface area contributed by atoms with Crippen molar-refractivity contribution in [2.24, 2.45) is 11.8 Å². The molecule has 5 atom stereocenters. The molecule has 0 aliphatic carbocycles. The van der Waals surface area contributed by atoms with E-state index in [1.165, 1.54) is 6.92 Å². The molecule has 2 rings (SSSR count). The largest absolute Gasteiger partial charge is 0.457 e. The highest BCUT2D eigenvalue weighted by molar-refractivity contribution is 5.66. The lowest BCUT2D eigenvalue weighted by Gasteiger charge is -2.43. The van der Waals surface area contributed by atoms with Crippen LogP contribution in [-0.4, -0.2) is 39.5 Å². The molecule has 0 aromatic carbocycles. The van der Waals surface area contributed by atoms with Crippen molar-refractivity contribution < 1.29 is 19.0 Å². The second-order valence-corrected chi connectivity index (χ2v) is 6.12. The number of ether oxygens (including phenoxy) is 3. The van der Waals surface area contributed by atoms with Gasteiger partial charge in [0.25, 0.3) is 0 Å². The number of nitrogens with zero attached hydrogens (tertiary/aromatic N) is 3. The highest BCUT2D eigenvalue weighted by atomic mass is 16.7. The van der Waals surface area contributed by atoms with Crippen molar-refractivity contribution in [1.82, 2.24) is 15.0 Å². The lowest BCUT2D eigenvalue weighted by Crippen LogP contribution is -2.51. The third kappa shape index (κ3) is 4.29. The van der Waals surface area contributed by atoms with Gasteiger partial charge in [0.2, 0.25) is 0 Å². The minimum absolute atomic E-state index is 0.0909. The Morgan fingerprint density at radius 3 is 2.65 bits per heavy atom. The summed E-state index contributed by atoms with van der Waals surface area (Å²) in [7, 11) is 0. The molecule has 0 bridgehead atoms. The summed E-state index contributed by atoms with van der Waals surface area (Å²) in [6.07, 6.45) is 1.83. The maximum atomic E-state index is 11.4. The zero-order valence-electron chi connectivity index (χ0n) is 14.6. The maximum Gasteiger partial charge on any atom is 0.303 e. The number of aromatic nitrogens is 3. The van der Waals surface area contributed by atoms with Gasteiger partial charge in [0.1, 0.15) is 5.69 Å². The van der Waals surface area contributed by atoms with Crippen LogP contribution in [0.1, 0.15) is 46.7 Å². The topological polar surface area (TPSA) is 75.5 Å². The lowest BCUT2D eigenvalue weighted by atomic mass is 9.82. The third-order valence-electron chi connectivity index (χ3n) is 4.52. The minimum Gasteiger partial charge on any atom is -0.457 e. The second-order valence-electron chi connectivity index (χ2n) is 6.12. The first-order valence-corrected chi connectivity index (χ1v) is 8.29. The van der Waals surface area contributed by atoms with E-state index in [4.69, 9.17) is 14.2 Å². The smallest absolute Gasteiger partial charge is 0.303 e. The number of aryl methyl sites for hydroxylation is 1. The zero-order chi connectivity index (χ0) is 17.0. The van der Waals surface area contributed by atoms with E-state index in [-0.39, 0.29) is 24.6 Å². The summed E-state index contributed by atoms with van der Waals surface area (Å²) in [6, 6.07) is 0. The molecule has 2 heterocycles. The normalized spacial score (nSPS) is 31.1. The van der Waals surface area contributed by atoms with Gasteiger partial charge < -0.3 is 14.2 Å². The fraction of sp³-hybridized carbons (Fsp3) is 0.812. The maximum absolute atomic E-state index is 11.4. The third-order valence-corrected chi connectivity index (χ3v) is 4.52. The summed E-state index contributed by atoms with van der Waals surface area (Å²) in [6.45, 7) is 10.7. The molecule has 0 radical (unpaired) electrons. The summed E-state index contributed by atoms with van der Waals surface area (Å²) in [5, 5.41) is 8.04. The van der Waals surface area contributed by atoms with Crippen molar-refractivity contribution in [3.05, 3.63) is 11.9 Å². The second kappa shape index (κ2) is 7.88. The van der Waals surface area contributed by atoms with Crippen LogP contribution < -0.4 is 0 Å². The fourth-order valence-corrected chi connectivity index (χ4v) is 2.94. The Morgan fingerprint density at radius 2 is 2.09 bits per heavy atom. The Hall–Kier alpha value is -1.47. The van der Waals surface area contributed by atoms with Gasteiger partial charge in [0, 0.05) is 19.4 Å². The molecule has 0 amide bonds. The first-order valence-electron chi connectivity index (χ1n) is 8.29. The van der Waals surface area contributed by atoms with E-state index in [2.05, 4.69) is 31.1 Å². The van der Waals surface area contributed by atoms with Gasteiger partial charge >= 0.3 is 5.97 Å². The predicted octanol–water partition coefficient (Wildman–Crippen LogP) is 2.15. The molecule has 23 heavy (non-hydrogen) atoms.